The third-order valence-corrected chi connectivity index (χ3v) is 3.89. The molecule has 0 radical (unpaired) electrons. The van der Waals surface area contributed by atoms with Gasteiger partial charge in [0, 0.05) is 19.0 Å². The van der Waals surface area contributed by atoms with Crippen LogP contribution < -0.4 is 5.32 Å². The maximum absolute atomic E-state index is 12.0. The molecule has 0 aliphatic carbocycles. The number of nitrogens with zero attached hydrogens (tertiary/aromatic N) is 1. The lowest BCUT2D eigenvalue weighted by Crippen LogP contribution is -2.44. The Bertz CT molecular complexity index is 546. The van der Waals surface area contributed by atoms with Crippen molar-refractivity contribution in [1.29, 1.82) is 0 Å². The zero-order valence-electron chi connectivity index (χ0n) is 9.39. The van der Waals surface area contributed by atoms with Crippen LogP contribution >= 0.6 is 11.6 Å². The number of hydrogen-bond donors (Lipinski definition) is 2. The van der Waals surface area contributed by atoms with Crippen LogP contribution in [0.4, 0.5) is 4.79 Å². The van der Waals surface area contributed by atoms with E-state index in [2.05, 4.69) is 5.32 Å². The van der Waals surface area contributed by atoms with Gasteiger partial charge in [-0.05, 0) is 11.6 Å². The molecule has 2 aliphatic rings. The molecule has 2 atom stereocenters. The number of carbonyl (C=O) groups excluding carboxylic acids is 1. The summed E-state index contributed by atoms with van der Waals surface area (Å²) in [6.45, 7) is 0.727. The van der Waals surface area contributed by atoms with Crippen LogP contribution in [0.5, 0.6) is 0 Å². The fourth-order valence-electron chi connectivity index (χ4n) is 2.75. The first kappa shape index (κ1) is 11.3. The summed E-state index contributed by atoms with van der Waals surface area (Å²) in [6, 6.07) is 5.16. The summed E-state index contributed by atoms with van der Waals surface area (Å²) in [7, 11) is 0. The Labute approximate surface area is 108 Å². The average molecular weight is 267 g/mol. The smallest absolute Gasteiger partial charge is 0.407 e. The van der Waals surface area contributed by atoms with Crippen LogP contribution in [0.1, 0.15) is 21.8 Å². The van der Waals surface area contributed by atoms with E-state index in [1.54, 1.807) is 12.1 Å². The van der Waals surface area contributed by atoms with Crippen LogP contribution in [0.25, 0.3) is 0 Å². The molecule has 1 saturated heterocycles. The van der Waals surface area contributed by atoms with E-state index >= 15 is 0 Å². The number of amides is 2. The van der Waals surface area contributed by atoms with Crippen molar-refractivity contribution < 1.29 is 14.7 Å². The zero-order chi connectivity index (χ0) is 12.9. The number of benzene rings is 1. The van der Waals surface area contributed by atoms with E-state index in [4.69, 9.17) is 16.7 Å². The first-order chi connectivity index (χ1) is 8.58. The lowest BCUT2D eigenvalue weighted by molar-refractivity contribution is 0.0921. The molecule has 5 nitrogen and oxygen atoms in total. The summed E-state index contributed by atoms with van der Waals surface area (Å²) in [5.41, 5.74) is 1.33. The first-order valence-corrected chi connectivity index (χ1v) is 6.03. The van der Waals surface area contributed by atoms with Crippen LogP contribution in [0.2, 0.25) is 5.02 Å². The predicted molar refractivity (Wildman–Crippen MR) is 65.0 cm³/mol. The molecule has 94 valence electrons. The van der Waals surface area contributed by atoms with Gasteiger partial charge in [0.2, 0.25) is 0 Å². The molecule has 0 bridgehead atoms. The normalized spacial score (nSPS) is 25.4. The lowest BCUT2D eigenvalue weighted by Gasteiger charge is -2.28. The second-order valence-electron chi connectivity index (χ2n) is 4.58. The van der Waals surface area contributed by atoms with E-state index in [0.717, 1.165) is 5.56 Å². The standard InChI is InChI=1S/C12H11ClN2O3/c13-8-3-1-2-6-7-4-15(12(17)18)5-9(7)14-11(16)10(6)8/h1-3,7,9H,4-5H2,(H,14,16)(H,17,18). The van der Waals surface area contributed by atoms with Crippen LogP contribution in [-0.2, 0) is 0 Å². The largest absolute Gasteiger partial charge is 0.465 e. The van der Waals surface area contributed by atoms with Crippen molar-refractivity contribution in [3.05, 3.63) is 34.3 Å². The molecule has 2 unspecified atom stereocenters. The fraction of sp³-hybridized carbons (Fsp3) is 0.333. The van der Waals surface area contributed by atoms with Gasteiger partial charge in [-0.1, -0.05) is 23.7 Å². The SMILES string of the molecule is O=C1NC2CN(C(=O)O)CC2c2cccc(Cl)c21. The fourth-order valence-corrected chi connectivity index (χ4v) is 3.02. The Balaban J connectivity index is 2.04. The van der Waals surface area contributed by atoms with Crippen molar-refractivity contribution in [1.82, 2.24) is 10.2 Å². The van der Waals surface area contributed by atoms with Gasteiger partial charge in [-0.3, -0.25) is 4.79 Å². The minimum atomic E-state index is -0.956. The van der Waals surface area contributed by atoms with Crippen molar-refractivity contribution >= 4 is 23.6 Å². The second-order valence-corrected chi connectivity index (χ2v) is 4.99. The first-order valence-electron chi connectivity index (χ1n) is 5.65. The molecule has 2 amide bonds. The number of rotatable bonds is 0. The van der Waals surface area contributed by atoms with Crippen molar-refractivity contribution in [2.24, 2.45) is 0 Å². The number of fused-ring (bicyclic) bond motifs is 3. The molecule has 1 aromatic rings. The van der Waals surface area contributed by atoms with E-state index in [0.29, 0.717) is 23.7 Å². The number of carbonyl (C=O) groups is 2. The van der Waals surface area contributed by atoms with E-state index in [-0.39, 0.29) is 17.9 Å². The quantitative estimate of drug-likeness (QED) is 0.748. The van der Waals surface area contributed by atoms with E-state index in [9.17, 15) is 9.59 Å². The minimum absolute atomic E-state index is 0.00694. The molecule has 0 aromatic heterocycles. The highest BCUT2D eigenvalue weighted by molar-refractivity contribution is 6.34. The van der Waals surface area contributed by atoms with Gasteiger partial charge in [0.25, 0.3) is 5.91 Å². The Kier molecular flexibility index (Phi) is 2.45. The van der Waals surface area contributed by atoms with Gasteiger partial charge in [0.05, 0.1) is 16.6 Å². The molecule has 1 fully saturated rings. The van der Waals surface area contributed by atoms with Gasteiger partial charge < -0.3 is 15.3 Å². The van der Waals surface area contributed by atoms with Gasteiger partial charge in [0.15, 0.2) is 0 Å². The number of likely N-dealkylation sites (tertiary alicyclic amines) is 1. The Morgan fingerprint density at radius 1 is 1.44 bits per heavy atom. The zero-order valence-corrected chi connectivity index (χ0v) is 10.1. The van der Waals surface area contributed by atoms with Gasteiger partial charge in [0.1, 0.15) is 0 Å². The Hall–Kier alpha value is -1.75. The molecule has 0 spiro atoms. The maximum Gasteiger partial charge on any atom is 0.407 e. The van der Waals surface area contributed by atoms with Gasteiger partial charge in [-0.2, -0.15) is 0 Å². The summed E-state index contributed by atoms with van der Waals surface area (Å²) in [4.78, 5) is 24.3. The topological polar surface area (TPSA) is 69.6 Å². The molecule has 6 heteroatoms. The number of halogens is 1. The summed E-state index contributed by atoms with van der Waals surface area (Å²) < 4.78 is 0. The van der Waals surface area contributed by atoms with E-state index < -0.39 is 6.09 Å². The molecular weight excluding hydrogens is 256 g/mol. The third kappa shape index (κ3) is 1.54. The van der Waals surface area contributed by atoms with Gasteiger partial charge in [-0.25, -0.2) is 4.79 Å². The van der Waals surface area contributed by atoms with Crippen LogP contribution in [0, 0.1) is 0 Å². The number of hydrogen-bond acceptors (Lipinski definition) is 2. The molecule has 2 N–H and O–H groups in total. The molecule has 3 rings (SSSR count). The highest BCUT2D eigenvalue weighted by Crippen LogP contribution is 2.36. The van der Waals surface area contributed by atoms with Crippen LogP contribution in [0.3, 0.4) is 0 Å². The highest BCUT2D eigenvalue weighted by Gasteiger charge is 2.42. The van der Waals surface area contributed by atoms with E-state index in [1.165, 1.54) is 4.90 Å². The summed E-state index contributed by atoms with van der Waals surface area (Å²) in [5, 5.41) is 12.3. The van der Waals surface area contributed by atoms with Gasteiger partial charge >= 0.3 is 6.09 Å². The maximum atomic E-state index is 12.0. The van der Waals surface area contributed by atoms with Crippen molar-refractivity contribution in [3.63, 3.8) is 0 Å². The molecular formula is C12H11ClN2O3. The summed E-state index contributed by atoms with van der Waals surface area (Å²) in [6.07, 6.45) is -0.956. The minimum Gasteiger partial charge on any atom is -0.465 e. The van der Waals surface area contributed by atoms with Gasteiger partial charge in [-0.15, -0.1) is 0 Å². The molecule has 2 aliphatic heterocycles. The van der Waals surface area contributed by atoms with Crippen molar-refractivity contribution in [3.8, 4) is 0 Å². The lowest BCUT2D eigenvalue weighted by atomic mass is 9.86. The van der Waals surface area contributed by atoms with Crippen molar-refractivity contribution in [2.45, 2.75) is 12.0 Å². The monoisotopic (exact) mass is 266 g/mol. The van der Waals surface area contributed by atoms with Crippen molar-refractivity contribution in [2.75, 3.05) is 13.1 Å². The number of nitrogens with one attached hydrogen (secondary N) is 1. The third-order valence-electron chi connectivity index (χ3n) is 3.58. The predicted octanol–water partition coefficient (Wildman–Crippen LogP) is 1.53. The Morgan fingerprint density at radius 2 is 2.22 bits per heavy atom. The molecule has 1 aromatic carbocycles. The van der Waals surface area contributed by atoms with E-state index in [1.807, 2.05) is 6.07 Å². The van der Waals surface area contributed by atoms with Crippen LogP contribution in [0.15, 0.2) is 18.2 Å². The molecule has 0 saturated carbocycles. The van der Waals surface area contributed by atoms with Crippen LogP contribution in [-0.4, -0.2) is 41.1 Å². The Morgan fingerprint density at radius 3 is 2.94 bits per heavy atom. The molecule has 18 heavy (non-hydrogen) atoms. The summed E-state index contributed by atoms with van der Waals surface area (Å²) >= 11 is 6.04. The average Bonchev–Trinajstić information content (AvgIpc) is 2.73. The molecule has 2 heterocycles. The number of carboxylic acid groups (broad SMARTS) is 1. The second kappa shape index (κ2) is 3.88. The highest BCUT2D eigenvalue weighted by atomic mass is 35.5. The summed E-state index contributed by atoms with van der Waals surface area (Å²) in [5.74, 6) is -0.225.